The maximum absolute atomic E-state index is 12.7. The Morgan fingerprint density at radius 3 is 1.36 bits per heavy atom. The number of aliphatic hydroxyl groups excluding tert-OH is 1. The van der Waals surface area contributed by atoms with Crippen LogP contribution in [-0.4, -0.2) is 60.9 Å². The van der Waals surface area contributed by atoms with Crippen molar-refractivity contribution in [3.63, 3.8) is 0 Å². The first-order valence-corrected chi connectivity index (χ1v) is 23.7. The van der Waals surface area contributed by atoms with Gasteiger partial charge < -0.3 is 19.5 Å². The van der Waals surface area contributed by atoms with Gasteiger partial charge in [-0.3, -0.25) is 9.59 Å². The fourth-order valence-electron chi connectivity index (χ4n) is 7.54. The predicted molar refractivity (Wildman–Crippen MR) is 228 cm³/mol. The molecule has 316 valence electrons. The van der Waals surface area contributed by atoms with Crippen molar-refractivity contribution in [1.29, 1.82) is 0 Å². The molecule has 0 bridgehead atoms. The number of carbonyl (C=O) groups is 2. The average molecular weight is 752 g/mol. The third-order valence-electron chi connectivity index (χ3n) is 11.1. The molecule has 0 aliphatic heterocycles. The molecule has 1 N–H and O–H groups in total. The Morgan fingerprint density at radius 1 is 0.453 bits per heavy atom. The summed E-state index contributed by atoms with van der Waals surface area (Å²) < 4.78 is 11.6. The molecular formula is C47H93NO5. The summed E-state index contributed by atoms with van der Waals surface area (Å²) in [5.74, 6) is 0.709. The van der Waals surface area contributed by atoms with E-state index in [2.05, 4.69) is 32.6 Å². The van der Waals surface area contributed by atoms with Crippen LogP contribution in [0, 0.1) is 5.92 Å². The van der Waals surface area contributed by atoms with Crippen LogP contribution in [0.2, 0.25) is 0 Å². The lowest BCUT2D eigenvalue weighted by atomic mass is 9.93. The zero-order chi connectivity index (χ0) is 38.9. The number of hydrogen-bond donors (Lipinski definition) is 1. The second-order valence-corrected chi connectivity index (χ2v) is 16.3. The lowest BCUT2D eigenvalue weighted by molar-refractivity contribution is -0.150. The van der Waals surface area contributed by atoms with Crippen molar-refractivity contribution in [3.8, 4) is 0 Å². The summed E-state index contributed by atoms with van der Waals surface area (Å²) in [6.45, 7) is 13.0. The van der Waals surface area contributed by atoms with E-state index in [1.165, 1.54) is 154 Å². The molecule has 0 atom stereocenters. The van der Waals surface area contributed by atoms with E-state index in [0.717, 1.165) is 71.0 Å². The zero-order valence-electron chi connectivity index (χ0n) is 36.3. The van der Waals surface area contributed by atoms with E-state index in [4.69, 9.17) is 9.47 Å². The summed E-state index contributed by atoms with van der Waals surface area (Å²) in [5, 5.41) is 9.41. The van der Waals surface area contributed by atoms with E-state index < -0.39 is 0 Å². The highest BCUT2D eigenvalue weighted by molar-refractivity contribution is 5.69. The monoisotopic (exact) mass is 752 g/mol. The van der Waals surface area contributed by atoms with Crippen LogP contribution in [0.4, 0.5) is 0 Å². The molecule has 0 radical (unpaired) electrons. The van der Waals surface area contributed by atoms with Crippen LogP contribution in [0.15, 0.2) is 0 Å². The molecule has 0 aromatic carbocycles. The normalized spacial score (nSPS) is 11.7. The molecule has 0 heterocycles. The Morgan fingerprint density at radius 2 is 0.868 bits per heavy atom. The van der Waals surface area contributed by atoms with Crippen LogP contribution < -0.4 is 0 Å². The summed E-state index contributed by atoms with van der Waals surface area (Å²) in [7, 11) is 0. The molecule has 0 aromatic rings. The number of hydrogen-bond acceptors (Lipinski definition) is 6. The quantitative estimate of drug-likeness (QED) is 0.0494. The highest BCUT2D eigenvalue weighted by Gasteiger charge is 2.15. The van der Waals surface area contributed by atoms with Gasteiger partial charge in [0.1, 0.15) is 6.10 Å². The first kappa shape index (κ1) is 51.9. The molecule has 0 spiro atoms. The molecular weight excluding hydrogens is 659 g/mol. The molecule has 0 aliphatic carbocycles. The number of carbonyl (C=O) groups excluding carboxylic acids is 2. The van der Waals surface area contributed by atoms with Crippen molar-refractivity contribution >= 4 is 11.9 Å². The van der Waals surface area contributed by atoms with E-state index in [1.54, 1.807) is 0 Å². The van der Waals surface area contributed by atoms with Gasteiger partial charge in [-0.15, -0.1) is 0 Å². The van der Waals surface area contributed by atoms with Crippen molar-refractivity contribution < 1.29 is 24.2 Å². The third-order valence-corrected chi connectivity index (χ3v) is 11.1. The number of aliphatic hydroxyl groups is 1. The third kappa shape index (κ3) is 37.6. The second kappa shape index (κ2) is 42.0. The van der Waals surface area contributed by atoms with Gasteiger partial charge in [0.25, 0.3) is 0 Å². The highest BCUT2D eigenvalue weighted by Crippen LogP contribution is 2.21. The maximum atomic E-state index is 12.7. The van der Waals surface area contributed by atoms with Gasteiger partial charge in [0.05, 0.1) is 6.61 Å². The first-order chi connectivity index (χ1) is 26.0. The van der Waals surface area contributed by atoms with E-state index >= 15 is 0 Å². The molecule has 6 nitrogen and oxygen atoms in total. The Balaban J connectivity index is 4.12. The fourth-order valence-corrected chi connectivity index (χ4v) is 7.54. The number of ether oxygens (including phenoxy) is 2. The summed E-state index contributed by atoms with van der Waals surface area (Å²) in [5.41, 5.74) is 0. The first-order valence-electron chi connectivity index (χ1n) is 23.7. The fraction of sp³-hybridized carbons (Fsp3) is 0.957. The average Bonchev–Trinajstić information content (AvgIpc) is 3.15. The standard InChI is InChI=1S/C47H93NO5/c1-5-9-13-15-19-25-34-45(35-26-20-16-14-10-6-2)53-47(51)37-28-22-18-24-30-40-48(41-31-42-49)39-29-23-17-21-27-36-46(50)52-43-38-44(32-11-7-3)33-12-8-4/h44-45,49H,5-43H2,1-4H3. The van der Waals surface area contributed by atoms with Gasteiger partial charge in [-0.1, -0.05) is 169 Å². The Labute approximate surface area is 331 Å². The number of esters is 2. The zero-order valence-corrected chi connectivity index (χ0v) is 36.3. The van der Waals surface area contributed by atoms with Crippen LogP contribution in [0.5, 0.6) is 0 Å². The maximum Gasteiger partial charge on any atom is 0.306 e. The van der Waals surface area contributed by atoms with Gasteiger partial charge in [0, 0.05) is 26.0 Å². The van der Waals surface area contributed by atoms with Gasteiger partial charge in [-0.25, -0.2) is 0 Å². The molecule has 0 amide bonds. The minimum absolute atomic E-state index is 0.0175. The molecule has 0 rings (SSSR count). The lowest BCUT2D eigenvalue weighted by Crippen LogP contribution is -2.27. The predicted octanol–water partition coefficient (Wildman–Crippen LogP) is 13.7. The van der Waals surface area contributed by atoms with Gasteiger partial charge in [-0.05, 0) is 83.2 Å². The van der Waals surface area contributed by atoms with Crippen molar-refractivity contribution in [2.75, 3.05) is 32.8 Å². The Bertz CT molecular complexity index is 737. The topological polar surface area (TPSA) is 76.1 Å². The minimum atomic E-state index is -0.0175. The molecule has 0 aromatic heterocycles. The summed E-state index contributed by atoms with van der Waals surface area (Å²) >= 11 is 0. The molecule has 0 fully saturated rings. The number of rotatable bonds is 43. The molecule has 0 saturated heterocycles. The number of unbranched alkanes of at least 4 members (excludes halogenated alkanes) is 20. The summed E-state index contributed by atoms with van der Waals surface area (Å²) in [6.07, 6.45) is 39.3. The van der Waals surface area contributed by atoms with Gasteiger partial charge in [0.2, 0.25) is 0 Å². The lowest BCUT2D eigenvalue weighted by Gasteiger charge is -2.22. The highest BCUT2D eigenvalue weighted by atomic mass is 16.5. The van der Waals surface area contributed by atoms with Crippen molar-refractivity contribution in [2.24, 2.45) is 5.92 Å². The van der Waals surface area contributed by atoms with Crippen LogP contribution in [-0.2, 0) is 19.1 Å². The van der Waals surface area contributed by atoms with Crippen LogP contribution in [0.3, 0.4) is 0 Å². The van der Waals surface area contributed by atoms with E-state index in [9.17, 15) is 14.7 Å². The molecule has 0 aliphatic rings. The van der Waals surface area contributed by atoms with E-state index in [0.29, 0.717) is 25.4 Å². The van der Waals surface area contributed by atoms with Crippen LogP contribution >= 0.6 is 0 Å². The van der Waals surface area contributed by atoms with Crippen molar-refractivity contribution in [1.82, 2.24) is 4.90 Å². The number of nitrogens with zero attached hydrogens (tertiary/aromatic N) is 1. The SMILES string of the molecule is CCCCCCCCC(CCCCCCCC)OC(=O)CCCCCCCN(CCCO)CCCCCCCC(=O)OCCC(CCCC)CCCC. The largest absolute Gasteiger partial charge is 0.466 e. The van der Waals surface area contributed by atoms with E-state index in [-0.39, 0.29) is 24.6 Å². The Kier molecular flexibility index (Phi) is 41.1. The van der Waals surface area contributed by atoms with Gasteiger partial charge in [0.15, 0.2) is 0 Å². The van der Waals surface area contributed by atoms with E-state index in [1.807, 2.05) is 0 Å². The summed E-state index contributed by atoms with van der Waals surface area (Å²) in [4.78, 5) is 27.5. The van der Waals surface area contributed by atoms with Crippen molar-refractivity contribution in [2.45, 2.75) is 252 Å². The van der Waals surface area contributed by atoms with Gasteiger partial charge >= 0.3 is 11.9 Å². The van der Waals surface area contributed by atoms with Crippen molar-refractivity contribution in [3.05, 3.63) is 0 Å². The van der Waals surface area contributed by atoms with Crippen LogP contribution in [0.1, 0.15) is 246 Å². The second-order valence-electron chi connectivity index (χ2n) is 16.3. The Hall–Kier alpha value is -1.14. The van der Waals surface area contributed by atoms with Gasteiger partial charge in [-0.2, -0.15) is 0 Å². The molecule has 0 unspecified atom stereocenters. The molecule has 53 heavy (non-hydrogen) atoms. The smallest absolute Gasteiger partial charge is 0.306 e. The molecule has 0 saturated carbocycles. The summed E-state index contributed by atoms with van der Waals surface area (Å²) in [6, 6.07) is 0. The minimum Gasteiger partial charge on any atom is -0.466 e. The van der Waals surface area contributed by atoms with Crippen LogP contribution in [0.25, 0.3) is 0 Å². The molecule has 6 heteroatoms.